The standard InChI is InChI=1S/C28H26Cl2FN3O2S/c1-18-8-9-19-6-4-5-7-25(19)34(18)37(35,36)27-32-17-26(33(27)22-13-11-21(31)12-14-22)28(2,3)20-10-15-23(29)24(30)16-20/h4-7,10-18H,8-9H2,1-3H3. The van der Waals surface area contributed by atoms with Crippen molar-refractivity contribution in [3.8, 4) is 5.69 Å². The van der Waals surface area contributed by atoms with Crippen LogP contribution in [0.5, 0.6) is 0 Å². The van der Waals surface area contributed by atoms with Crippen LogP contribution < -0.4 is 4.31 Å². The van der Waals surface area contributed by atoms with Crippen LogP contribution in [0, 0.1) is 5.82 Å². The number of imidazole rings is 1. The third kappa shape index (κ3) is 4.43. The average Bonchev–Trinajstić information content (AvgIpc) is 3.33. The van der Waals surface area contributed by atoms with Gasteiger partial charge < -0.3 is 0 Å². The normalized spacial score (nSPS) is 16.1. The highest BCUT2D eigenvalue weighted by Crippen LogP contribution is 2.40. The third-order valence-corrected chi connectivity index (χ3v) is 9.61. The van der Waals surface area contributed by atoms with Gasteiger partial charge in [0.25, 0.3) is 15.2 Å². The van der Waals surface area contributed by atoms with Crippen molar-refractivity contribution < 1.29 is 12.8 Å². The van der Waals surface area contributed by atoms with Crippen molar-refractivity contribution in [1.29, 1.82) is 0 Å². The molecule has 0 fully saturated rings. The molecule has 37 heavy (non-hydrogen) atoms. The summed E-state index contributed by atoms with van der Waals surface area (Å²) in [5.41, 5.74) is 2.81. The van der Waals surface area contributed by atoms with Gasteiger partial charge in [0.05, 0.1) is 27.6 Å². The van der Waals surface area contributed by atoms with Gasteiger partial charge in [-0.2, -0.15) is 8.42 Å². The molecule has 0 saturated carbocycles. The summed E-state index contributed by atoms with van der Waals surface area (Å²) in [4.78, 5) is 4.48. The van der Waals surface area contributed by atoms with Crippen molar-refractivity contribution in [2.75, 3.05) is 4.31 Å². The first-order valence-corrected chi connectivity index (χ1v) is 14.1. The van der Waals surface area contributed by atoms with Crippen LogP contribution in [-0.4, -0.2) is 24.0 Å². The number of aromatic nitrogens is 2. The predicted octanol–water partition coefficient (Wildman–Crippen LogP) is 7.17. The van der Waals surface area contributed by atoms with E-state index < -0.39 is 21.3 Å². The lowest BCUT2D eigenvalue weighted by Crippen LogP contribution is -2.43. The Labute approximate surface area is 226 Å². The summed E-state index contributed by atoms with van der Waals surface area (Å²) in [6.07, 6.45) is 3.06. The van der Waals surface area contributed by atoms with Crippen LogP contribution in [0.15, 0.2) is 78.1 Å². The summed E-state index contributed by atoms with van der Waals surface area (Å²) in [7, 11) is -4.11. The topological polar surface area (TPSA) is 55.2 Å². The van der Waals surface area contributed by atoms with Gasteiger partial charge in [-0.05, 0) is 73.4 Å². The minimum Gasteiger partial charge on any atom is -0.285 e. The zero-order valence-corrected chi connectivity index (χ0v) is 22.9. The molecule has 0 amide bonds. The van der Waals surface area contributed by atoms with Gasteiger partial charge in [0.1, 0.15) is 5.82 Å². The van der Waals surface area contributed by atoms with Gasteiger partial charge in [-0.15, -0.1) is 0 Å². The lowest BCUT2D eigenvalue weighted by Gasteiger charge is -2.36. The summed E-state index contributed by atoms with van der Waals surface area (Å²) >= 11 is 12.5. The number of nitrogens with zero attached hydrogens (tertiary/aromatic N) is 3. The number of anilines is 1. The lowest BCUT2D eigenvalue weighted by molar-refractivity contribution is 0.546. The third-order valence-electron chi connectivity index (χ3n) is 7.05. The fraction of sp³-hybridized carbons (Fsp3) is 0.250. The average molecular weight is 559 g/mol. The summed E-state index contributed by atoms with van der Waals surface area (Å²) < 4.78 is 45.6. The fourth-order valence-electron chi connectivity index (χ4n) is 4.94. The van der Waals surface area contributed by atoms with Gasteiger partial charge in [0.2, 0.25) is 0 Å². The minimum absolute atomic E-state index is 0.134. The largest absolute Gasteiger partial charge is 0.298 e. The molecule has 1 atom stereocenters. The van der Waals surface area contributed by atoms with Gasteiger partial charge in [-0.3, -0.25) is 8.87 Å². The Morgan fingerprint density at radius 2 is 1.70 bits per heavy atom. The van der Waals surface area contributed by atoms with E-state index in [1.165, 1.54) is 16.4 Å². The predicted molar refractivity (Wildman–Crippen MR) is 146 cm³/mol. The Hall–Kier alpha value is -2.87. The van der Waals surface area contributed by atoms with E-state index in [0.717, 1.165) is 17.5 Å². The molecule has 192 valence electrons. The number of hydrogen-bond donors (Lipinski definition) is 0. The van der Waals surface area contributed by atoms with Gasteiger partial charge in [0, 0.05) is 17.1 Å². The monoisotopic (exact) mass is 557 g/mol. The van der Waals surface area contributed by atoms with Gasteiger partial charge in [-0.1, -0.05) is 61.3 Å². The van der Waals surface area contributed by atoms with Crippen LogP contribution in [-0.2, 0) is 21.9 Å². The first-order chi connectivity index (χ1) is 17.5. The second-order valence-corrected chi connectivity index (χ2v) is 12.3. The second-order valence-electron chi connectivity index (χ2n) is 9.81. The Balaban J connectivity index is 1.74. The van der Waals surface area contributed by atoms with E-state index in [-0.39, 0.29) is 11.2 Å². The second kappa shape index (κ2) is 9.46. The molecular weight excluding hydrogens is 532 g/mol. The Morgan fingerprint density at radius 1 is 1.00 bits per heavy atom. The van der Waals surface area contributed by atoms with E-state index in [4.69, 9.17) is 23.2 Å². The van der Waals surface area contributed by atoms with Gasteiger partial charge >= 0.3 is 0 Å². The first-order valence-electron chi connectivity index (χ1n) is 11.9. The molecule has 9 heteroatoms. The molecule has 5 nitrogen and oxygen atoms in total. The van der Waals surface area contributed by atoms with Crippen molar-refractivity contribution in [2.45, 2.75) is 50.2 Å². The summed E-state index contributed by atoms with van der Waals surface area (Å²) in [5.74, 6) is -0.419. The zero-order valence-electron chi connectivity index (χ0n) is 20.6. The van der Waals surface area contributed by atoms with Crippen molar-refractivity contribution in [2.24, 2.45) is 0 Å². The highest BCUT2D eigenvalue weighted by atomic mass is 35.5. The maximum Gasteiger partial charge on any atom is 0.298 e. The molecule has 0 radical (unpaired) electrons. The van der Waals surface area contributed by atoms with E-state index in [1.807, 2.05) is 51.1 Å². The molecule has 0 saturated heterocycles. The van der Waals surface area contributed by atoms with E-state index in [9.17, 15) is 12.8 Å². The molecule has 1 aromatic heterocycles. The summed E-state index contributed by atoms with van der Waals surface area (Å²) in [5, 5.41) is 0.687. The molecule has 4 aromatic rings. The van der Waals surface area contributed by atoms with Crippen molar-refractivity contribution >= 4 is 38.9 Å². The van der Waals surface area contributed by atoms with Gasteiger partial charge in [-0.25, -0.2) is 9.37 Å². The maximum absolute atomic E-state index is 14.3. The number of benzene rings is 3. The SMILES string of the molecule is CC1CCc2ccccc2N1S(=O)(=O)c1ncc(C(C)(C)c2ccc(Cl)c(Cl)c2)n1-c1ccc(F)cc1. The number of aryl methyl sites for hydroxylation is 1. The Morgan fingerprint density at radius 3 is 2.41 bits per heavy atom. The number of hydrogen-bond acceptors (Lipinski definition) is 3. The number of halogens is 3. The molecular formula is C28H26Cl2FN3O2S. The smallest absolute Gasteiger partial charge is 0.285 e. The summed E-state index contributed by atoms with van der Waals surface area (Å²) in [6.45, 7) is 5.82. The molecule has 0 N–H and O–H groups in total. The van der Waals surface area contributed by atoms with E-state index in [0.29, 0.717) is 33.5 Å². The number of fused-ring (bicyclic) bond motifs is 1. The van der Waals surface area contributed by atoms with Crippen LogP contribution in [0.2, 0.25) is 10.0 Å². The quantitative estimate of drug-likeness (QED) is 0.261. The maximum atomic E-state index is 14.3. The van der Waals surface area contributed by atoms with Gasteiger partial charge in [0.15, 0.2) is 0 Å². The van der Waals surface area contributed by atoms with Crippen LogP contribution >= 0.6 is 23.2 Å². The molecule has 0 bridgehead atoms. The Kier molecular flexibility index (Phi) is 6.59. The molecule has 1 unspecified atom stereocenters. The van der Waals surface area contributed by atoms with Crippen molar-refractivity contribution in [3.63, 3.8) is 0 Å². The summed E-state index contributed by atoms with van der Waals surface area (Å²) in [6, 6.07) is 18.3. The zero-order chi connectivity index (χ0) is 26.5. The number of rotatable bonds is 5. The molecule has 2 heterocycles. The van der Waals surface area contributed by atoms with E-state index in [1.54, 1.807) is 35.0 Å². The van der Waals surface area contributed by atoms with E-state index in [2.05, 4.69) is 4.98 Å². The van der Waals surface area contributed by atoms with Crippen LogP contribution in [0.4, 0.5) is 10.1 Å². The molecule has 1 aliphatic rings. The molecule has 0 aliphatic carbocycles. The van der Waals surface area contributed by atoms with Crippen molar-refractivity contribution in [3.05, 3.63) is 106 Å². The fourth-order valence-corrected chi connectivity index (χ4v) is 7.05. The number of sulfonamides is 1. The van der Waals surface area contributed by atoms with Crippen LogP contribution in [0.25, 0.3) is 5.69 Å². The van der Waals surface area contributed by atoms with Crippen LogP contribution in [0.1, 0.15) is 44.0 Å². The first kappa shape index (κ1) is 25.8. The lowest BCUT2D eigenvalue weighted by atomic mass is 9.81. The highest BCUT2D eigenvalue weighted by molar-refractivity contribution is 7.92. The molecule has 5 rings (SSSR count). The number of para-hydroxylation sites is 1. The highest BCUT2D eigenvalue weighted by Gasteiger charge is 2.39. The van der Waals surface area contributed by atoms with Crippen molar-refractivity contribution in [1.82, 2.24) is 9.55 Å². The van der Waals surface area contributed by atoms with E-state index >= 15 is 0 Å². The Bertz CT molecular complexity index is 1580. The molecule has 0 spiro atoms. The molecule has 3 aromatic carbocycles. The van der Waals surface area contributed by atoms with Crippen LogP contribution in [0.3, 0.4) is 0 Å². The minimum atomic E-state index is -4.11. The molecule has 1 aliphatic heterocycles.